The molecule has 9 heteroatoms. The number of carbonyl (C=O) groups is 1. The summed E-state index contributed by atoms with van der Waals surface area (Å²) in [5.41, 5.74) is 2.98. The van der Waals surface area contributed by atoms with Crippen LogP contribution in [-0.4, -0.2) is 51.5 Å². The van der Waals surface area contributed by atoms with Gasteiger partial charge in [0.15, 0.2) is 0 Å². The quantitative estimate of drug-likeness (QED) is 0.335. The maximum atomic E-state index is 12.6. The molecule has 1 aliphatic rings. The van der Waals surface area contributed by atoms with Crippen LogP contribution in [0.4, 0.5) is 11.6 Å². The van der Waals surface area contributed by atoms with E-state index in [9.17, 15) is 4.79 Å². The summed E-state index contributed by atoms with van der Waals surface area (Å²) >= 11 is 5.98. The number of fused-ring (bicyclic) bond motifs is 1. The summed E-state index contributed by atoms with van der Waals surface area (Å²) in [7, 11) is 4.09. The van der Waals surface area contributed by atoms with Gasteiger partial charge in [-0.3, -0.25) is 9.78 Å². The van der Waals surface area contributed by atoms with Gasteiger partial charge in [-0.05, 0) is 75.3 Å². The number of rotatable bonds is 8. The fourth-order valence-corrected chi connectivity index (χ4v) is 4.66. The zero-order chi connectivity index (χ0) is 25.1. The monoisotopic (exact) mass is 504 g/mol. The van der Waals surface area contributed by atoms with Crippen LogP contribution in [0.2, 0.25) is 5.02 Å². The normalized spacial score (nSPS) is 15.8. The molecule has 1 atom stereocenters. The fourth-order valence-electron chi connectivity index (χ4n) is 4.54. The van der Waals surface area contributed by atoms with E-state index in [0.29, 0.717) is 40.8 Å². The van der Waals surface area contributed by atoms with Gasteiger partial charge in [-0.15, -0.1) is 0 Å². The topological polar surface area (TPSA) is 84.3 Å². The second-order valence-corrected chi connectivity index (χ2v) is 9.51. The van der Waals surface area contributed by atoms with Crippen molar-refractivity contribution in [1.29, 1.82) is 0 Å². The average Bonchev–Trinajstić information content (AvgIpc) is 3.42. The summed E-state index contributed by atoms with van der Waals surface area (Å²) < 4.78 is 8.02. The van der Waals surface area contributed by atoms with Gasteiger partial charge in [0.05, 0.1) is 11.0 Å². The number of benzene rings is 2. The number of imidazole rings is 1. The maximum Gasteiger partial charge on any atom is 0.270 e. The molecular weight excluding hydrogens is 476 g/mol. The Morgan fingerprint density at radius 3 is 2.69 bits per heavy atom. The molecule has 2 aromatic carbocycles. The number of carbonyl (C=O) groups excluding carboxylic acids is 1. The van der Waals surface area contributed by atoms with Gasteiger partial charge >= 0.3 is 0 Å². The van der Waals surface area contributed by atoms with Gasteiger partial charge in [-0.2, -0.15) is 0 Å². The number of hydrogen-bond acceptors (Lipinski definition) is 6. The Morgan fingerprint density at radius 1 is 1.11 bits per heavy atom. The third kappa shape index (κ3) is 5.45. The van der Waals surface area contributed by atoms with Crippen molar-refractivity contribution in [3.05, 3.63) is 71.5 Å². The van der Waals surface area contributed by atoms with Crippen molar-refractivity contribution in [2.24, 2.45) is 7.05 Å². The van der Waals surface area contributed by atoms with Gasteiger partial charge < -0.3 is 24.8 Å². The molecular formula is C27H29ClN6O2. The lowest BCUT2D eigenvalue weighted by atomic mass is 10.1. The minimum Gasteiger partial charge on any atom is -0.457 e. The highest BCUT2D eigenvalue weighted by Gasteiger charge is 2.20. The molecule has 0 bridgehead atoms. The molecule has 0 spiro atoms. The number of amides is 1. The average molecular weight is 505 g/mol. The lowest BCUT2D eigenvalue weighted by Gasteiger charge is -2.19. The molecule has 1 aliphatic heterocycles. The SMILES string of the molecule is CN1CCCC1CCNC(=O)c1cc(Oc2ccc3c(c2)nc(Nc2ccc(Cl)cc2)n3C)ccn1. The molecule has 2 N–H and O–H groups in total. The first-order chi connectivity index (χ1) is 17.5. The Labute approximate surface area is 215 Å². The predicted molar refractivity (Wildman–Crippen MR) is 142 cm³/mol. The van der Waals surface area contributed by atoms with Crippen LogP contribution in [0, 0.1) is 0 Å². The van der Waals surface area contributed by atoms with Crippen molar-refractivity contribution in [3.8, 4) is 11.5 Å². The second kappa shape index (κ2) is 10.6. The Hall–Kier alpha value is -3.62. The number of hydrogen-bond donors (Lipinski definition) is 2. The largest absolute Gasteiger partial charge is 0.457 e. The lowest BCUT2D eigenvalue weighted by Crippen LogP contribution is -2.32. The van der Waals surface area contributed by atoms with Crippen molar-refractivity contribution >= 4 is 40.2 Å². The van der Waals surface area contributed by atoms with Gasteiger partial charge in [-0.1, -0.05) is 11.6 Å². The zero-order valence-electron chi connectivity index (χ0n) is 20.4. The third-order valence-corrected chi connectivity index (χ3v) is 6.84. The lowest BCUT2D eigenvalue weighted by molar-refractivity contribution is 0.0945. The van der Waals surface area contributed by atoms with Crippen LogP contribution >= 0.6 is 11.6 Å². The number of aromatic nitrogens is 3. The summed E-state index contributed by atoms with van der Waals surface area (Å²) in [4.78, 5) is 23.9. The molecule has 1 saturated heterocycles. The Balaban J connectivity index is 1.24. The Morgan fingerprint density at radius 2 is 1.92 bits per heavy atom. The van der Waals surface area contributed by atoms with Crippen molar-refractivity contribution in [1.82, 2.24) is 24.8 Å². The molecule has 0 radical (unpaired) electrons. The van der Waals surface area contributed by atoms with E-state index in [0.717, 1.165) is 29.7 Å². The summed E-state index contributed by atoms with van der Waals surface area (Å²) in [5.74, 6) is 1.68. The zero-order valence-corrected chi connectivity index (χ0v) is 21.1. The minimum atomic E-state index is -0.195. The maximum absolute atomic E-state index is 12.6. The van der Waals surface area contributed by atoms with Crippen molar-refractivity contribution in [2.45, 2.75) is 25.3 Å². The predicted octanol–water partition coefficient (Wildman–Crippen LogP) is 5.37. The van der Waals surface area contributed by atoms with E-state index in [1.807, 2.05) is 54.1 Å². The molecule has 5 rings (SSSR count). The summed E-state index contributed by atoms with van der Waals surface area (Å²) in [6.45, 7) is 1.76. The molecule has 8 nitrogen and oxygen atoms in total. The molecule has 1 fully saturated rings. The number of anilines is 2. The third-order valence-electron chi connectivity index (χ3n) is 6.59. The summed E-state index contributed by atoms with van der Waals surface area (Å²) in [5, 5.41) is 6.98. The number of nitrogens with zero attached hydrogens (tertiary/aromatic N) is 4. The van der Waals surface area contributed by atoms with E-state index >= 15 is 0 Å². The molecule has 4 aromatic rings. The first-order valence-electron chi connectivity index (χ1n) is 12.1. The standard InChI is InChI=1S/C27H29ClN6O2/c1-33-15-3-4-20(33)11-13-30-26(35)24-17-22(12-14-29-24)36-21-9-10-25-23(16-21)32-27(34(25)2)31-19-7-5-18(28)6-8-19/h5-10,12,14,16-17,20H,3-4,11,13,15H2,1-2H3,(H,30,35)(H,31,32). The number of aryl methyl sites for hydroxylation is 1. The number of ether oxygens (including phenoxy) is 1. The number of likely N-dealkylation sites (tertiary alicyclic amines) is 1. The summed E-state index contributed by atoms with van der Waals surface area (Å²) in [6.07, 6.45) is 4.94. The van der Waals surface area contributed by atoms with Crippen LogP contribution in [0.5, 0.6) is 11.5 Å². The van der Waals surface area contributed by atoms with E-state index in [1.165, 1.54) is 12.8 Å². The van der Waals surface area contributed by atoms with E-state index < -0.39 is 0 Å². The molecule has 3 heterocycles. The molecule has 1 unspecified atom stereocenters. The van der Waals surface area contributed by atoms with Gasteiger partial charge in [0, 0.05) is 48.7 Å². The Kier molecular flexibility index (Phi) is 7.06. The number of nitrogens with one attached hydrogen (secondary N) is 2. The molecule has 0 saturated carbocycles. The molecule has 36 heavy (non-hydrogen) atoms. The van der Waals surface area contributed by atoms with Crippen LogP contribution in [0.3, 0.4) is 0 Å². The van der Waals surface area contributed by atoms with Crippen molar-refractivity contribution in [2.75, 3.05) is 25.5 Å². The van der Waals surface area contributed by atoms with E-state index in [-0.39, 0.29) is 5.91 Å². The van der Waals surface area contributed by atoms with Gasteiger partial charge in [0.25, 0.3) is 5.91 Å². The highest BCUT2D eigenvalue weighted by atomic mass is 35.5. The highest BCUT2D eigenvalue weighted by molar-refractivity contribution is 6.30. The minimum absolute atomic E-state index is 0.195. The van der Waals surface area contributed by atoms with Crippen LogP contribution < -0.4 is 15.4 Å². The van der Waals surface area contributed by atoms with E-state index in [2.05, 4.69) is 27.6 Å². The van der Waals surface area contributed by atoms with Crippen LogP contribution in [0.15, 0.2) is 60.8 Å². The second-order valence-electron chi connectivity index (χ2n) is 9.08. The first kappa shape index (κ1) is 24.1. The van der Waals surface area contributed by atoms with Crippen molar-refractivity contribution in [3.63, 3.8) is 0 Å². The van der Waals surface area contributed by atoms with Crippen molar-refractivity contribution < 1.29 is 9.53 Å². The van der Waals surface area contributed by atoms with Gasteiger partial charge in [-0.25, -0.2) is 4.98 Å². The summed E-state index contributed by atoms with van der Waals surface area (Å²) in [6, 6.07) is 17.1. The smallest absolute Gasteiger partial charge is 0.270 e. The van der Waals surface area contributed by atoms with Crippen LogP contribution in [0.1, 0.15) is 29.8 Å². The Bertz CT molecular complexity index is 1370. The molecule has 2 aromatic heterocycles. The number of pyridine rings is 1. The van der Waals surface area contributed by atoms with E-state index in [4.69, 9.17) is 21.3 Å². The fraction of sp³-hybridized carbons (Fsp3) is 0.296. The first-order valence-corrected chi connectivity index (χ1v) is 12.5. The van der Waals surface area contributed by atoms with Crippen LogP contribution in [-0.2, 0) is 7.05 Å². The molecule has 1 amide bonds. The van der Waals surface area contributed by atoms with Crippen LogP contribution in [0.25, 0.3) is 11.0 Å². The highest BCUT2D eigenvalue weighted by Crippen LogP contribution is 2.28. The van der Waals surface area contributed by atoms with E-state index in [1.54, 1.807) is 18.3 Å². The van der Waals surface area contributed by atoms with Gasteiger partial charge in [0.2, 0.25) is 5.95 Å². The molecule has 186 valence electrons. The van der Waals surface area contributed by atoms with Gasteiger partial charge in [0.1, 0.15) is 17.2 Å². The number of halogens is 1. The molecule has 0 aliphatic carbocycles.